The minimum absolute atomic E-state index is 0. The Bertz CT molecular complexity index is 364. The molecule has 5 heteroatoms. The van der Waals surface area contributed by atoms with E-state index in [0.717, 1.165) is 19.0 Å². The highest BCUT2D eigenvalue weighted by Gasteiger charge is 2.53. The van der Waals surface area contributed by atoms with Crippen LogP contribution < -0.4 is 5.32 Å². The van der Waals surface area contributed by atoms with Crippen LogP contribution in [0.3, 0.4) is 0 Å². The van der Waals surface area contributed by atoms with E-state index < -0.39 is 0 Å². The average molecular weight is 424 g/mol. The van der Waals surface area contributed by atoms with Gasteiger partial charge < -0.3 is 15.1 Å². The molecule has 0 aromatic rings. The summed E-state index contributed by atoms with van der Waals surface area (Å²) in [6.07, 6.45) is 2.42. The molecule has 0 bridgehead atoms. The normalized spacial score (nSPS) is 19.9. The number of hydrogen-bond donors (Lipinski definition) is 1. The van der Waals surface area contributed by atoms with E-state index in [4.69, 9.17) is 0 Å². The van der Waals surface area contributed by atoms with E-state index in [-0.39, 0.29) is 29.5 Å². The van der Waals surface area contributed by atoms with Gasteiger partial charge in [-0.2, -0.15) is 0 Å². The number of unbranched alkanes of at least 4 members (excludes halogenated alkanes) is 1. The topological polar surface area (TPSA) is 30.9 Å². The maximum atomic E-state index is 4.45. The van der Waals surface area contributed by atoms with Gasteiger partial charge in [-0.05, 0) is 54.1 Å². The number of halogens is 1. The van der Waals surface area contributed by atoms with E-state index in [1.54, 1.807) is 0 Å². The molecule has 1 heterocycles. The molecule has 0 saturated carbocycles. The van der Waals surface area contributed by atoms with E-state index in [1.165, 1.54) is 19.4 Å². The van der Waals surface area contributed by atoms with Gasteiger partial charge in [0.05, 0.1) is 0 Å². The summed E-state index contributed by atoms with van der Waals surface area (Å²) in [4.78, 5) is 9.25. The molecule has 0 aromatic heterocycles. The van der Waals surface area contributed by atoms with Gasteiger partial charge in [0, 0.05) is 37.1 Å². The van der Waals surface area contributed by atoms with E-state index in [0.29, 0.717) is 11.5 Å². The highest BCUT2D eigenvalue weighted by molar-refractivity contribution is 14.0. The number of nitrogens with zero attached hydrogens (tertiary/aromatic N) is 3. The third-order valence-corrected chi connectivity index (χ3v) is 5.45. The van der Waals surface area contributed by atoms with Crippen LogP contribution >= 0.6 is 24.0 Å². The number of aliphatic imine (C=N–C) groups is 1. The van der Waals surface area contributed by atoms with Crippen molar-refractivity contribution < 1.29 is 0 Å². The van der Waals surface area contributed by atoms with E-state index in [1.807, 2.05) is 7.05 Å². The van der Waals surface area contributed by atoms with Gasteiger partial charge in [-0.25, -0.2) is 0 Å². The van der Waals surface area contributed by atoms with Crippen molar-refractivity contribution in [2.75, 3.05) is 33.7 Å². The molecule has 0 spiro atoms. The molecule has 1 aliphatic heterocycles. The Morgan fingerprint density at radius 1 is 1.23 bits per heavy atom. The van der Waals surface area contributed by atoms with Crippen molar-refractivity contribution in [3.8, 4) is 0 Å². The van der Waals surface area contributed by atoms with Gasteiger partial charge in [-0.15, -0.1) is 24.0 Å². The van der Waals surface area contributed by atoms with Crippen molar-refractivity contribution in [1.82, 2.24) is 15.1 Å². The molecule has 0 aromatic carbocycles. The predicted molar refractivity (Wildman–Crippen MR) is 108 cm³/mol. The van der Waals surface area contributed by atoms with Crippen LogP contribution in [0, 0.1) is 5.41 Å². The van der Waals surface area contributed by atoms with E-state index >= 15 is 0 Å². The molecule has 1 fully saturated rings. The van der Waals surface area contributed by atoms with Gasteiger partial charge in [-0.3, -0.25) is 4.99 Å². The number of hydrogen-bond acceptors (Lipinski definition) is 2. The number of likely N-dealkylation sites (tertiary alicyclic amines) is 1. The van der Waals surface area contributed by atoms with Crippen molar-refractivity contribution in [1.29, 1.82) is 0 Å². The summed E-state index contributed by atoms with van der Waals surface area (Å²) in [5, 5.41) is 3.53. The van der Waals surface area contributed by atoms with Crippen molar-refractivity contribution in [2.24, 2.45) is 10.4 Å². The second kappa shape index (κ2) is 8.71. The Morgan fingerprint density at radius 2 is 1.82 bits per heavy atom. The summed E-state index contributed by atoms with van der Waals surface area (Å²) in [5.74, 6) is 1.05. The lowest BCUT2D eigenvalue weighted by molar-refractivity contribution is -0.0667. The fourth-order valence-corrected chi connectivity index (χ4v) is 2.64. The van der Waals surface area contributed by atoms with Crippen LogP contribution in [-0.4, -0.2) is 61.1 Å². The first-order valence-corrected chi connectivity index (χ1v) is 8.32. The highest BCUT2D eigenvalue weighted by atomic mass is 127. The molecule has 4 nitrogen and oxygen atoms in total. The molecule has 0 unspecified atom stereocenters. The van der Waals surface area contributed by atoms with Crippen LogP contribution in [-0.2, 0) is 0 Å². The summed E-state index contributed by atoms with van der Waals surface area (Å²) in [6.45, 7) is 17.0. The van der Waals surface area contributed by atoms with Gasteiger partial charge in [0.2, 0.25) is 0 Å². The molecule has 1 aliphatic rings. The Balaban J connectivity index is 0.00000441. The molecular weight excluding hydrogens is 387 g/mol. The zero-order valence-corrected chi connectivity index (χ0v) is 18.2. The Labute approximate surface area is 155 Å². The summed E-state index contributed by atoms with van der Waals surface area (Å²) >= 11 is 0. The molecule has 0 radical (unpaired) electrons. The zero-order chi connectivity index (χ0) is 16.3. The first kappa shape index (κ1) is 22.0. The second-order valence-electron chi connectivity index (χ2n) is 7.78. The molecule has 0 aliphatic carbocycles. The fourth-order valence-electron chi connectivity index (χ4n) is 2.64. The lowest BCUT2D eigenvalue weighted by Gasteiger charge is -2.62. The largest absolute Gasteiger partial charge is 0.356 e. The quantitative estimate of drug-likeness (QED) is 0.307. The molecular formula is C17H37IN4. The Kier molecular flexibility index (Phi) is 8.70. The van der Waals surface area contributed by atoms with Gasteiger partial charge in [0.25, 0.3) is 0 Å². The van der Waals surface area contributed by atoms with Crippen molar-refractivity contribution in [3.63, 3.8) is 0 Å². The molecule has 132 valence electrons. The number of rotatable bonds is 6. The summed E-state index contributed by atoms with van der Waals surface area (Å²) in [6, 6.07) is 0.634. The van der Waals surface area contributed by atoms with Gasteiger partial charge in [-0.1, -0.05) is 13.8 Å². The Hall–Kier alpha value is -0.0400. The second-order valence-corrected chi connectivity index (χ2v) is 7.78. The van der Waals surface area contributed by atoms with Gasteiger partial charge in [0.1, 0.15) is 0 Å². The monoisotopic (exact) mass is 424 g/mol. The third-order valence-electron chi connectivity index (χ3n) is 5.45. The van der Waals surface area contributed by atoms with Crippen LogP contribution in [0.1, 0.15) is 54.4 Å². The van der Waals surface area contributed by atoms with E-state index in [9.17, 15) is 0 Å². The first-order chi connectivity index (χ1) is 9.63. The third kappa shape index (κ3) is 4.98. The molecule has 0 atom stereocenters. The Morgan fingerprint density at radius 3 is 2.23 bits per heavy atom. The average Bonchev–Trinajstić information content (AvgIpc) is 2.40. The van der Waals surface area contributed by atoms with Crippen LogP contribution in [0.4, 0.5) is 0 Å². The summed E-state index contributed by atoms with van der Waals surface area (Å²) in [5.41, 5.74) is 0.525. The number of nitrogens with one attached hydrogen (secondary N) is 1. The van der Waals surface area contributed by atoms with Crippen molar-refractivity contribution in [2.45, 2.75) is 66.0 Å². The summed E-state index contributed by atoms with van der Waals surface area (Å²) in [7, 11) is 4.08. The standard InChI is InChI=1S/C17H36N4.HI/c1-14(2)20(8)12-10-9-11-19-15(18-7)21-13-16(3,4)17(21,5)6;/h14H,9-13H2,1-8H3,(H,18,19);1H. The number of guanidine groups is 1. The van der Waals surface area contributed by atoms with Crippen LogP contribution in [0.5, 0.6) is 0 Å². The lowest BCUT2D eigenvalue weighted by Crippen LogP contribution is -2.72. The fraction of sp³-hybridized carbons (Fsp3) is 0.941. The smallest absolute Gasteiger partial charge is 0.194 e. The van der Waals surface area contributed by atoms with Crippen molar-refractivity contribution in [3.05, 3.63) is 0 Å². The van der Waals surface area contributed by atoms with Crippen LogP contribution in [0.15, 0.2) is 4.99 Å². The highest BCUT2D eigenvalue weighted by Crippen LogP contribution is 2.46. The molecule has 22 heavy (non-hydrogen) atoms. The molecule has 1 N–H and O–H groups in total. The van der Waals surface area contributed by atoms with Gasteiger partial charge in [0.15, 0.2) is 5.96 Å². The molecule has 1 saturated heterocycles. The maximum Gasteiger partial charge on any atom is 0.194 e. The molecule has 1 rings (SSSR count). The maximum absolute atomic E-state index is 4.45. The first-order valence-electron chi connectivity index (χ1n) is 8.32. The lowest BCUT2D eigenvalue weighted by atomic mass is 9.65. The predicted octanol–water partition coefficient (Wildman–Crippen LogP) is 3.42. The SMILES string of the molecule is CN=C(NCCCCN(C)C(C)C)N1CC(C)(C)C1(C)C.I. The van der Waals surface area contributed by atoms with Crippen LogP contribution in [0.2, 0.25) is 0 Å². The minimum atomic E-state index is 0. The zero-order valence-electron chi connectivity index (χ0n) is 15.9. The summed E-state index contributed by atoms with van der Waals surface area (Å²) < 4.78 is 0. The van der Waals surface area contributed by atoms with E-state index in [2.05, 4.69) is 68.7 Å². The molecule has 0 amide bonds. The van der Waals surface area contributed by atoms with Crippen molar-refractivity contribution >= 4 is 29.9 Å². The van der Waals surface area contributed by atoms with Gasteiger partial charge >= 0.3 is 0 Å². The minimum Gasteiger partial charge on any atom is -0.356 e. The van der Waals surface area contributed by atoms with Crippen LogP contribution in [0.25, 0.3) is 0 Å².